The van der Waals surface area contributed by atoms with Crippen molar-refractivity contribution < 1.29 is 4.74 Å². The Morgan fingerprint density at radius 1 is 1.14 bits per heavy atom. The van der Waals surface area contributed by atoms with Crippen molar-refractivity contribution in [1.29, 1.82) is 0 Å². The number of hydrogen-bond donors (Lipinski definition) is 1. The van der Waals surface area contributed by atoms with E-state index in [9.17, 15) is 0 Å². The molecule has 0 aromatic heterocycles. The normalized spacial score (nSPS) is 12.2. The van der Waals surface area contributed by atoms with Crippen LogP contribution < -0.4 is 10.1 Å². The summed E-state index contributed by atoms with van der Waals surface area (Å²) in [5, 5.41) is 3.57. The van der Waals surface area contributed by atoms with Gasteiger partial charge in [-0.25, -0.2) is 0 Å². The average Bonchev–Trinajstić information content (AvgIpc) is 2.49. The van der Waals surface area contributed by atoms with Gasteiger partial charge in [-0.05, 0) is 49.2 Å². The third-order valence-electron chi connectivity index (χ3n) is 3.44. The zero-order valence-corrected chi connectivity index (χ0v) is 14.4. The van der Waals surface area contributed by atoms with Gasteiger partial charge in [0.25, 0.3) is 0 Å². The van der Waals surface area contributed by atoms with Crippen molar-refractivity contribution in [3.63, 3.8) is 0 Å². The van der Waals surface area contributed by atoms with E-state index in [-0.39, 0.29) is 6.04 Å². The highest BCUT2D eigenvalue weighted by molar-refractivity contribution is 9.10. The SMILES string of the molecule is CCNC(c1cccc(OCC)c1)c1cccc(C)c1Br. The van der Waals surface area contributed by atoms with Crippen molar-refractivity contribution in [1.82, 2.24) is 5.32 Å². The van der Waals surface area contributed by atoms with Crippen LogP contribution in [-0.2, 0) is 0 Å². The molecule has 0 aliphatic rings. The predicted octanol–water partition coefficient (Wildman–Crippen LogP) is 4.86. The summed E-state index contributed by atoms with van der Waals surface area (Å²) in [5.74, 6) is 0.918. The van der Waals surface area contributed by atoms with Gasteiger partial charge in [0.1, 0.15) is 5.75 Å². The molecule has 1 atom stereocenters. The average molecular weight is 348 g/mol. The van der Waals surface area contributed by atoms with Gasteiger partial charge in [0.05, 0.1) is 12.6 Å². The minimum Gasteiger partial charge on any atom is -0.494 e. The van der Waals surface area contributed by atoms with Crippen LogP contribution in [0.3, 0.4) is 0 Å². The monoisotopic (exact) mass is 347 g/mol. The van der Waals surface area contributed by atoms with E-state index in [0.29, 0.717) is 6.61 Å². The van der Waals surface area contributed by atoms with Crippen LogP contribution in [0.4, 0.5) is 0 Å². The quantitative estimate of drug-likeness (QED) is 0.805. The van der Waals surface area contributed by atoms with E-state index in [1.807, 2.05) is 19.1 Å². The standard InChI is InChI=1S/C18H22BrNO/c1-4-20-18(16-11-6-8-13(3)17(16)19)14-9-7-10-15(12-14)21-5-2/h6-12,18,20H,4-5H2,1-3H3. The van der Waals surface area contributed by atoms with Gasteiger partial charge in [-0.15, -0.1) is 0 Å². The molecule has 0 radical (unpaired) electrons. The lowest BCUT2D eigenvalue weighted by molar-refractivity contribution is 0.339. The molecule has 0 heterocycles. The molecule has 112 valence electrons. The number of ether oxygens (including phenoxy) is 1. The van der Waals surface area contributed by atoms with E-state index in [1.165, 1.54) is 16.7 Å². The second-order valence-electron chi connectivity index (χ2n) is 4.97. The molecule has 0 aliphatic carbocycles. The molecule has 2 nitrogen and oxygen atoms in total. The zero-order valence-electron chi connectivity index (χ0n) is 12.8. The molecule has 1 N–H and O–H groups in total. The molecule has 0 amide bonds. The number of aryl methyl sites for hydroxylation is 1. The number of halogens is 1. The van der Waals surface area contributed by atoms with Crippen molar-refractivity contribution in [2.75, 3.05) is 13.2 Å². The molecule has 0 saturated heterocycles. The third kappa shape index (κ3) is 3.86. The first-order valence-corrected chi connectivity index (χ1v) is 8.17. The number of rotatable bonds is 6. The van der Waals surface area contributed by atoms with Gasteiger partial charge in [-0.2, -0.15) is 0 Å². The zero-order chi connectivity index (χ0) is 15.2. The first-order valence-electron chi connectivity index (χ1n) is 7.38. The van der Waals surface area contributed by atoms with E-state index >= 15 is 0 Å². The Bertz CT molecular complexity index is 598. The first-order chi connectivity index (χ1) is 10.2. The van der Waals surface area contributed by atoms with Crippen LogP contribution in [0.25, 0.3) is 0 Å². The maximum Gasteiger partial charge on any atom is 0.119 e. The maximum atomic E-state index is 5.63. The molecule has 2 aromatic carbocycles. The highest BCUT2D eigenvalue weighted by atomic mass is 79.9. The van der Waals surface area contributed by atoms with Crippen LogP contribution in [0.2, 0.25) is 0 Å². The summed E-state index contributed by atoms with van der Waals surface area (Å²) < 4.78 is 6.79. The van der Waals surface area contributed by atoms with E-state index < -0.39 is 0 Å². The van der Waals surface area contributed by atoms with Crippen molar-refractivity contribution in [3.8, 4) is 5.75 Å². The first kappa shape index (κ1) is 16.1. The van der Waals surface area contributed by atoms with Crippen LogP contribution in [0.15, 0.2) is 46.9 Å². The summed E-state index contributed by atoms with van der Waals surface area (Å²) in [5.41, 5.74) is 3.72. The smallest absolute Gasteiger partial charge is 0.119 e. The second-order valence-corrected chi connectivity index (χ2v) is 5.77. The number of hydrogen-bond acceptors (Lipinski definition) is 2. The Morgan fingerprint density at radius 3 is 2.62 bits per heavy atom. The van der Waals surface area contributed by atoms with Gasteiger partial charge < -0.3 is 10.1 Å². The van der Waals surface area contributed by atoms with Gasteiger partial charge in [-0.3, -0.25) is 0 Å². The van der Waals surface area contributed by atoms with Crippen LogP contribution >= 0.6 is 15.9 Å². The minimum absolute atomic E-state index is 0.157. The molecule has 2 aromatic rings. The lowest BCUT2D eigenvalue weighted by Gasteiger charge is -2.21. The topological polar surface area (TPSA) is 21.3 Å². The van der Waals surface area contributed by atoms with Crippen molar-refractivity contribution in [2.24, 2.45) is 0 Å². The maximum absolute atomic E-state index is 5.63. The summed E-state index contributed by atoms with van der Waals surface area (Å²) in [4.78, 5) is 0. The lowest BCUT2D eigenvalue weighted by Crippen LogP contribution is -2.22. The Balaban J connectivity index is 2.43. The van der Waals surface area contributed by atoms with Gasteiger partial charge in [0, 0.05) is 4.47 Å². The fourth-order valence-corrected chi connectivity index (χ4v) is 2.95. The van der Waals surface area contributed by atoms with E-state index in [1.54, 1.807) is 0 Å². The third-order valence-corrected chi connectivity index (χ3v) is 4.53. The fraction of sp³-hybridized carbons (Fsp3) is 0.333. The van der Waals surface area contributed by atoms with Gasteiger partial charge in [0.15, 0.2) is 0 Å². The van der Waals surface area contributed by atoms with E-state index in [4.69, 9.17) is 4.74 Å². The van der Waals surface area contributed by atoms with Gasteiger partial charge in [0.2, 0.25) is 0 Å². The van der Waals surface area contributed by atoms with Crippen LogP contribution in [0.1, 0.15) is 36.6 Å². The minimum atomic E-state index is 0.157. The summed E-state index contributed by atoms with van der Waals surface area (Å²) in [6, 6.07) is 14.9. The van der Waals surface area contributed by atoms with Crippen molar-refractivity contribution in [3.05, 3.63) is 63.6 Å². The molecular formula is C18H22BrNO. The summed E-state index contributed by atoms with van der Waals surface area (Å²) in [6.45, 7) is 7.84. The second kappa shape index (κ2) is 7.62. The van der Waals surface area contributed by atoms with Gasteiger partial charge >= 0.3 is 0 Å². The Labute approximate surface area is 135 Å². The van der Waals surface area contributed by atoms with Crippen LogP contribution in [-0.4, -0.2) is 13.2 Å². The Kier molecular flexibility index (Phi) is 5.83. The molecule has 0 aliphatic heterocycles. The van der Waals surface area contributed by atoms with E-state index in [0.717, 1.165) is 16.8 Å². The van der Waals surface area contributed by atoms with Crippen molar-refractivity contribution in [2.45, 2.75) is 26.8 Å². The van der Waals surface area contributed by atoms with Crippen LogP contribution in [0.5, 0.6) is 5.75 Å². The molecule has 21 heavy (non-hydrogen) atoms. The highest BCUT2D eigenvalue weighted by Crippen LogP contribution is 2.32. The van der Waals surface area contributed by atoms with Crippen LogP contribution in [0, 0.1) is 6.92 Å². The molecular weight excluding hydrogens is 326 g/mol. The molecule has 3 heteroatoms. The lowest BCUT2D eigenvalue weighted by atomic mass is 9.97. The summed E-state index contributed by atoms with van der Waals surface area (Å²) in [7, 11) is 0. The Morgan fingerprint density at radius 2 is 1.90 bits per heavy atom. The largest absolute Gasteiger partial charge is 0.494 e. The molecule has 0 fully saturated rings. The van der Waals surface area contributed by atoms with Crippen molar-refractivity contribution >= 4 is 15.9 Å². The van der Waals surface area contributed by atoms with Gasteiger partial charge in [-0.1, -0.05) is 53.2 Å². The Hall–Kier alpha value is -1.32. The molecule has 2 rings (SSSR count). The summed E-state index contributed by atoms with van der Waals surface area (Å²) >= 11 is 3.73. The number of nitrogens with one attached hydrogen (secondary N) is 1. The predicted molar refractivity (Wildman–Crippen MR) is 92.0 cm³/mol. The molecule has 1 unspecified atom stereocenters. The fourth-order valence-electron chi connectivity index (χ4n) is 2.46. The summed E-state index contributed by atoms with van der Waals surface area (Å²) in [6.07, 6.45) is 0. The molecule has 0 bridgehead atoms. The van der Waals surface area contributed by atoms with E-state index in [2.05, 4.69) is 65.4 Å². The molecule has 0 spiro atoms. The highest BCUT2D eigenvalue weighted by Gasteiger charge is 2.17. The number of benzene rings is 2. The molecule has 0 saturated carbocycles.